The number of hydrogen-bond acceptors (Lipinski definition) is 0. The first kappa shape index (κ1) is 20.1. The molecule has 230 valence electrons. The lowest BCUT2D eigenvalue weighted by Crippen LogP contribution is -1.95. The molecule has 11 aromatic carbocycles. The van der Waals surface area contributed by atoms with Crippen molar-refractivity contribution >= 4 is 64.6 Å². The molecule has 50 heavy (non-hydrogen) atoms. The second-order valence-electron chi connectivity index (χ2n) is 13.0. The van der Waals surface area contributed by atoms with Gasteiger partial charge in [0, 0.05) is 0 Å². The van der Waals surface area contributed by atoms with Crippen molar-refractivity contribution in [2.45, 2.75) is 0 Å². The summed E-state index contributed by atoms with van der Waals surface area (Å²) in [5.74, 6) is 0. The summed E-state index contributed by atoms with van der Waals surface area (Å²) in [6, 6.07) is 39.1. The van der Waals surface area contributed by atoms with Crippen molar-refractivity contribution in [3.8, 4) is 44.5 Å². The summed E-state index contributed by atoms with van der Waals surface area (Å²) in [4.78, 5) is 0. The van der Waals surface area contributed by atoms with Crippen LogP contribution < -0.4 is 0 Å². The molecule has 0 saturated heterocycles. The van der Waals surface area contributed by atoms with Crippen molar-refractivity contribution in [3.63, 3.8) is 0 Å². The molecule has 11 rings (SSSR count). The zero-order valence-corrected chi connectivity index (χ0v) is 26.6. The molecule has 0 atom stereocenters. The molecule has 0 aliphatic heterocycles. The van der Waals surface area contributed by atoms with Crippen LogP contribution in [0.2, 0.25) is 0 Å². The van der Waals surface area contributed by atoms with Gasteiger partial charge in [0.2, 0.25) is 0 Å². The second-order valence-corrected chi connectivity index (χ2v) is 13.0. The third-order valence-electron chi connectivity index (χ3n) is 10.4. The average Bonchev–Trinajstić information content (AvgIpc) is 3.26. The highest BCUT2D eigenvalue weighted by Gasteiger charge is 2.21. The molecule has 0 fully saturated rings. The van der Waals surface area contributed by atoms with Crippen LogP contribution in [0.3, 0.4) is 0 Å². The highest BCUT2D eigenvalue weighted by molar-refractivity contribution is 6.27. The smallest absolute Gasteiger partial charge is 0.0622 e. The lowest BCUT2D eigenvalue weighted by atomic mass is 9.81. The van der Waals surface area contributed by atoms with Gasteiger partial charge >= 0.3 is 0 Å². The van der Waals surface area contributed by atoms with Crippen molar-refractivity contribution in [2.75, 3.05) is 0 Å². The lowest BCUT2D eigenvalue weighted by molar-refractivity contribution is 1.56. The highest BCUT2D eigenvalue weighted by Crippen LogP contribution is 2.48. The van der Waals surface area contributed by atoms with E-state index in [1.54, 1.807) is 0 Å². The first-order valence-electron chi connectivity index (χ1n) is 21.2. The number of benzene rings is 11. The van der Waals surface area contributed by atoms with E-state index in [0.717, 1.165) is 81.3 Å². The van der Waals surface area contributed by atoms with Crippen LogP contribution in [0.15, 0.2) is 182 Å². The maximum absolute atomic E-state index is 9.30. The molecule has 0 heteroatoms. The minimum absolute atomic E-state index is 0.0584. The predicted octanol–water partition coefficient (Wildman–Crippen LogP) is 14.1. The molecule has 0 radical (unpaired) electrons. The monoisotopic (exact) mass is 639 g/mol. The van der Waals surface area contributed by atoms with Gasteiger partial charge in [-0.15, -0.1) is 0 Å². The average molecular weight is 640 g/mol. The fourth-order valence-electron chi connectivity index (χ4n) is 8.25. The van der Waals surface area contributed by atoms with Crippen molar-refractivity contribution < 1.29 is 12.3 Å². The molecule has 0 heterocycles. The van der Waals surface area contributed by atoms with Gasteiger partial charge in [-0.2, -0.15) is 0 Å². The van der Waals surface area contributed by atoms with E-state index in [0.29, 0.717) is 11.1 Å². The molecule has 0 saturated carbocycles. The van der Waals surface area contributed by atoms with Crippen LogP contribution in [0.25, 0.3) is 109 Å². The van der Waals surface area contributed by atoms with Crippen molar-refractivity contribution in [1.29, 1.82) is 0 Å². The van der Waals surface area contributed by atoms with Crippen molar-refractivity contribution in [1.82, 2.24) is 0 Å². The minimum atomic E-state index is -0.526. The predicted molar refractivity (Wildman–Crippen MR) is 216 cm³/mol. The van der Waals surface area contributed by atoms with Gasteiger partial charge in [0.25, 0.3) is 0 Å². The molecule has 0 bridgehead atoms. The zero-order valence-electron chi connectivity index (χ0n) is 35.6. The molecular formula is C50H30. The summed E-state index contributed by atoms with van der Waals surface area (Å²) in [6.07, 6.45) is 0. The van der Waals surface area contributed by atoms with Gasteiger partial charge in [-0.25, -0.2) is 0 Å². The molecule has 0 aliphatic rings. The highest BCUT2D eigenvalue weighted by atomic mass is 14.2. The Morgan fingerprint density at radius 2 is 0.760 bits per heavy atom. The van der Waals surface area contributed by atoms with E-state index in [1.807, 2.05) is 24.3 Å². The van der Waals surface area contributed by atoms with E-state index in [4.69, 9.17) is 8.22 Å². The van der Waals surface area contributed by atoms with E-state index in [1.165, 1.54) is 6.07 Å². The summed E-state index contributed by atoms with van der Waals surface area (Å²) in [5, 5.41) is 12.7. The SMILES string of the molecule is [2H]c1cc(-c2c(-c3c([2H])c([2H])c([2H])c([2H])c3[2H])cc(-c3ccc4ccc5cccc6ccc3c4c56)cc2-c2ccc3ccc4cccc5ccc2c3c45)c([2H])c([2H])c1[2H]. The van der Waals surface area contributed by atoms with Gasteiger partial charge in [-0.3, -0.25) is 0 Å². The Balaban J connectivity index is 1.36. The van der Waals surface area contributed by atoms with Crippen molar-refractivity contribution in [2.24, 2.45) is 0 Å². The largest absolute Gasteiger partial charge is 0.0629 e. The normalized spacial score (nSPS) is 14.5. The molecule has 11 aromatic rings. The second kappa shape index (κ2) is 10.5. The Bertz CT molecular complexity index is 3550. The van der Waals surface area contributed by atoms with E-state index in [9.17, 15) is 4.11 Å². The van der Waals surface area contributed by atoms with Crippen molar-refractivity contribution in [3.05, 3.63) is 182 Å². The lowest BCUT2D eigenvalue weighted by Gasteiger charge is -2.22. The fourth-order valence-corrected chi connectivity index (χ4v) is 8.25. The molecule has 0 aliphatic carbocycles. The molecule has 0 spiro atoms. The maximum Gasteiger partial charge on any atom is 0.0629 e. The Hall–Kier alpha value is -6.50. The summed E-state index contributed by atoms with van der Waals surface area (Å²) >= 11 is 0. The topological polar surface area (TPSA) is 0 Å². The number of hydrogen-bond donors (Lipinski definition) is 0. The van der Waals surface area contributed by atoms with Gasteiger partial charge in [-0.1, -0.05) is 170 Å². The fraction of sp³-hybridized carbons (Fsp3) is 0. The minimum Gasteiger partial charge on any atom is -0.0622 e. The third-order valence-corrected chi connectivity index (χ3v) is 10.4. The van der Waals surface area contributed by atoms with Crippen LogP contribution in [0.1, 0.15) is 12.3 Å². The first-order chi connectivity index (χ1) is 28.5. The zero-order chi connectivity index (χ0) is 40.6. The Morgan fingerprint density at radius 1 is 0.300 bits per heavy atom. The molecule has 0 nitrogen and oxygen atoms in total. The van der Waals surface area contributed by atoms with Crippen LogP contribution in [-0.4, -0.2) is 0 Å². The third kappa shape index (κ3) is 3.94. The molecular weight excluding hydrogens is 601 g/mol. The standard InChI is InChI=1S/C50H30/c1-3-9-31(10-4-1)44-29-39(40-25-21-37-19-17-33-13-7-15-35-23-27-42(40)49(37)46(33)35)30-45(48(44)32-11-5-2-6-12-32)41-26-22-38-20-18-34-14-8-16-36-24-28-43(41)50(38)47(34)36/h1-30H/i1D,2D,3D,4D,5D,6D,9D,10D,11D. The summed E-state index contributed by atoms with van der Waals surface area (Å²) in [5.41, 5.74) is 3.64. The quantitative estimate of drug-likeness (QED) is 0.168. The van der Waals surface area contributed by atoms with E-state index in [2.05, 4.69) is 97.1 Å². The van der Waals surface area contributed by atoms with Crippen LogP contribution in [-0.2, 0) is 0 Å². The van der Waals surface area contributed by atoms with Gasteiger partial charge in [0.15, 0.2) is 0 Å². The maximum atomic E-state index is 9.30. The van der Waals surface area contributed by atoms with Gasteiger partial charge < -0.3 is 0 Å². The molecule has 0 amide bonds. The van der Waals surface area contributed by atoms with Gasteiger partial charge in [0.05, 0.1) is 12.3 Å². The van der Waals surface area contributed by atoms with Gasteiger partial charge in [0.1, 0.15) is 0 Å². The summed E-state index contributed by atoms with van der Waals surface area (Å²) < 4.78 is 79.9. The van der Waals surface area contributed by atoms with E-state index >= 15 is 0 Å². The first-order valence-corrected chi connectivity index (χ1v) is 16.7. The Morgan fingerprint density at radius 3 is 1.38 bits per heavy atom. The van der Waals surface area contributed by atoms with E-state index in [-0.39, 0.29) is 28.8 Å². The Labute approximate surface area is 302 Å². The molecule has 0 N–H and O–H groups in total. The van der Waals surface area contributed by atoms with Crippen LogP contribution in [0.5, 0.6) is 0 Å². The van der Waals surface area contributed by atoms with Crippen LogP contribution in [0.4, 0.5) is 0 Å². The Kier molecular flexibility index (Phi) is 4.22. The van der Waals surface area contributed by atoms with Gasteiger partial charge in [-0.05, 0) is 121 Å². The summed E-state index contributed by atoms with van der Waals surface area (Å²) in [7, 11) is 0. The summed E-state index contributed by atoms with van der Waals surface area (Å²) in [6.45, 7) is 0. The van der Waals surface area contributed by atoms with Crippen LogP contribution in [0, 0.1) is 0 Å². The number of rotatable bonds is 4. The molecule has 0 unspecified atom stereocenters. The molecule has 0 aromatic heterocycles. The van der Waals surface area contributed by atoms with E-state index < -0.39 is 42.3 Å². The van der Waals surface area contributed by atoms with Crippen LogP contribution >= 0.6 is 0 Å².